The summed E-state index contributed by atoms with van der Waals surface area (Å²) in [7, 11) is -7.23. The summed E-state index contributed by atoms with van der Waals surface area (Å²) in [5.74, 6) is -0.409. The van der Waals surface area contributed by atoms with Gasteiger partial charge >= 0.3 is 0 Å². The number of sulfonamides is 1. The molecule has 0 aliphatic rings. The van der Waals surface area contributed by atoms with Crippen LogP contribution in [0.4, 0.5) is 5.82 Å². The molecule has 1 unspecified atom stereocenters. The Morgan fingerprint density at radius 3 is 2.70 bits per heavy atom. The van der Waals surface area contributed by atoms with Gasteiger partial charge in [0.2, 0.25) is 0 Å². The molecule has 2 aromatic heterocycles. The maximum absolute atomic E-state index is 12.3. The van der Waals surface area contributed by atoms with E-state index in [2.05, 4.69) is 9.71 Å². The Morgan fingerprint density at radius 1 is 1.45 bits per heavy atom. The molecule has 8 nitrogen and oxygen atoms in total. The molecule has 112 valence electrons. The van der Waals surface area contributed by atoms with E-state index in [-0.39, 0.29) is 16.6 Å². The highest BCUT2D eigenvalue weighted by Gasteiger charge is 2.27. The van der Waals surface area contributed by atoms with Crippen LogP contribution in [-0.4, -0.2) is 44.3 Å². The maximum atomic E-state index is 12.3. The molecule has 20 heavy (non-hydrogen) atoms. The summed E-state index contributed by atoms with van der Waals surface area (Å²) in [6.07, 6.45) is 2.58. The Morgan fingerprint density at radius 2 is 2.10 bits per heavy atom. The van der Waals surface area contributed by atoms with E-state index in [4.69, 9.17) is 5.73 Å². The van der Waals surface area contributed by atoms with Gasteiger partial charge in [-0.05, 0) is 6.92 Å². The smallest absolute Gasteiger partial charge is 0.260 e. The number of hydrogen-bond donors (Lipinski definition) is 2. The third-order valence-electron chi connectivity index (χ3n) is 2.41. The first-order valence-corrected chi connectivity index (χ1v) is 9.93. The van der Waals surface area contributed by atoms with Crippen molar-refractivity contribution in [3.05, 3.63) is 11.6 Å². The molecule has 0 bridgehead atoms. The molecule has 0 aliphatic carbocycles. The van der Waals surface area contributed by atoms with Gasteiger partial charge in [0.15, 0.2) is 15.8 Å². The SMILES string of the molecule is CC(CS(C)(=O)=O)NS(=O)(=O)c1c(N)nc2sccn12. The first-order chi connectivity index (χ1) is 9.10. The summed E-state index contributed by atoms with van der Waals surface area (Å²) < 4.78 is 50.6. The molecular formula is C9H14N4O4S3. The zero-order valence-electron chi connectivity index (χ0n) is 10.8. The van der Waals surface area contributed by atoms with E-state index >= 15 is 0 Å². The molecule has 1 atom stereocenters. The van der Waals surface area contributed by atoms with Crippen molar-refractivity contribution in [3.8, 4) is 0 Å². The number of nitrogens with one attached hydrogen (secondary N) is 1. The van der Waals surface area contributed by atoms with Gasteiger partial charge in [0.05, 0.1) is 5.75 Å². The molecule has 0 saturated heterocycles. The normalized spacial score (nSPS) is 14.7. The van der Waals surface area contributed by atoms with Crippen LogP contribution in [0.15, 0.2) is 16.6 Å². The minimum Gasteiger partial charge on any atom is -0.381 e. The summed E-state index contributed by atoms with van der Waals surface area (Å²) in [5, 5.41) is 1.51. The van der Waals surface area contributed by atoms with Gasteiger partial charge in [-0.3, -0.25) is 4.40 Å². The predicted molar refractivity (Wildman–Crippen MR) is 77.0 cm³/mol. The molecule has 0 amide bonds. The molecule has 2 rings (SSSR count). The van der Waals surface area contributed by atoms with Crippen LogP contribution in [0.1, 0.15) is 6.92 Å². The fraction of sp³-hybridized carbons (Fsp3) is 0.444. The summed E-state index contributed by atoms with van der Waals surface area (Å²) in [4.78, 5) is 4.40. The van der Waals surface area contributed by atoms with Crippen LogP contribution in [0.25, 0.3) is 4.96 Å². The van der Waals surface area contributed by atoms with E-state index in [0.717, 1.165) is 6.26 Å². The van der Waals surface area contributed by atoms with Crippen molar-refractivity contribution in [2.75, 3.05) is 17.7 Å². The Kier molecular flexibility index (Phi) is 3.79. The van der Waals surface area contributed by atoms with E-state index in [0.29, 0.717) is 4.96 Å². The molecular weight excluding hydrogens is 324 g/mol. The van der Waals surface area contributed by atoms with Crippen molar-refractivity contribution in [2.45, 2.75) is 18.0 Å². The van der Waals surface area contributed by atoms with Crippen molar-refractivity contribution >= 4 is 42.0 Å². The molecule has 2 heterocycles. The van der Waals surface area contributed by atoms with Gasteiger partial charge in [-0.2, -0.15) is 0 Å². The van der Waals surface area contributed by atoms with E-state index in [1.54, 1.807) is 11.6 Å². The number of nitrogens with zero attached hydrogens (tertiary/aromatic N) is 2. The average molecular weight is 338 g/mol. The Hall–Kier alpha value is -1.17. The average Bonchev–Trinajstić information content (AvgIpc) is 2.70. The van der Waals surface area contributed by atoms with Gasteiger partial charge in [0, 0.05) is 23.9 Å². The number of nitrogen functional groups attached to an aromatic ring is 1. The zero-order chi connectivity index (χ0) is 15.1. The fourth-order valence-corrected chi connectivity index (χ4v) is 5.19. The number of imidazole rings is 1. The van der Waals surface area contributed by atoms with Crippen LogP contribution >= 0.6 is 11.3 Å². The number of rotatable bonds is 5. The first-order valence-electron chi connectivity index (χ1n) is 5.51. The lowest BCUT2D eigenvalue weighted by Gasteiger charge is -2.12. The molecule has 0 aliphatic heterocycles. The Balaban J connectivity index is 2.36. The largest absolute Gasteiger partial charge is 0.381 e. The number of aromatic nitrogens is 2. The van der Waals surface area contributed by atoms with Gasteiger partial charge < -0.3 is 5.73 Å². The third kappa shape index (κ3) is 3.11. The quantitative estimate of drug-likeness (QED) is 0.770. The molecule has 11 heteroatoms. The lowest BCUT2D eigenvalue weighted by Crippen LogP contribution is -2.38. The van der Waals surface area contributed by atoms with Crippen molar-refractivity contribution in [1.82, 2.24) is 14.1 Å². The van der Waals surface area contributed by atoms with Crippen LogP contribution in [0.5, 0.6) is 0 Å². The highest BCUT2D eigenvalue weighted by atomic mass is 32.2. The van der Waals surface area contributed by atoms with Crippen LogP contribution in [0.3, 0.4) is 0 Å². The maximum Gasteiger partial charge on any atom is 0.260 e. The second-order valence-corrected chi connectivity index (χ2v) is 9.16. The topological polar surface area (TPSA) is 124 Å². The van der Waals surface area contributed by atoms with Gasteiger partial charge in [-0.15, -0.1) is 11.3 Å². The molecule has 0 spiro atoms. The monoisotopic (exact) mass is 338 g/mol. The Bertz CT molecular complexity index is 834. The highest BCUT2D eigenvalue weighted by Crippen LogP contribution is 2.23. The predicted octanol–water partition coefficient (Wildman–Crippen LogP) is -0.311. The molecule has 0 aromatic carbocycles. The second kappa shape index (κ2) is 4.98. The summed E-state index contributed by atoms with van der Waals surface area (Å²) >= 11 is 1.25. The number of fused-ring (bicyclic) bond motifs is 1. The number of sulfone groups is 1. The second-order valence-electron chi connectivity index (χ2n) is 4.47. The van der Waals surface area contributed by atoms with Crippen LogP contribution in [0, 0.1) is 0 Å². The standard InChI is InChI=1S/C9H14N4O4S3/c1-6(5-19(2,14)15)12-20(16,17)8-7(10)11-9-13(8)3-4-18-9/h3-4,6,12H,5,10H2,1-2H3. The summed E-state index contributed by atoms with van der Waals surface area (Å²) in [6, 6.07) is -0.765. The van der Waals surface area contributed by atoms with E-state index in [1.807, 2.05) is 0 Å². The molecule has 0 fully saturated rings. The van der Waals surface area contributed by atoms with E-state index in [1.165, 1.54) is 22.7 Å². The van der Waals surface area contributed by atoms with Gasteiger partial charge in [-0.25, -0.2) is 26.5 Å². The molecule has 3 N–H and O–H groups in total. The van der Waals surface area contributed by atoms with Crippen molar-refractivity contribution in [1.29, 1.82) is 0 Å². The highest BCUT2D eigenvalue weighted by molar-refractivity contribution is 7.91. The van der Waals surface area contributed by atoms with Crippen LogP contribution in [-0.2, 0) is 19.9 Å². The number of anilines is 1. The van der Waals surface area contributed by atoms with E-state index < -0.39 is 25.9 Å². The fourth-order valence-electron chi connectivity index (χ4n) is 1.86. The first kappa shape index (κ1) is 15.2. The van der Waals surface area contributed by atoms with E-state index in [9.17, 15) is 16.8 Å². The third-order valence-corrected chi connectivity index (χ3v) is 5.90. The molecule has 0 radical (unpaired) electrons. The van der Waals surface area contributed by atoms with Gasteiger partial charge in [0.1, 0.15) is 9.84 Å². The van der Waals surface area contributed by atoms with Gasteiger partial charge in [-0.1, -0.05) is 0 Å². The van der Waals surface area contributed by atoms with Crippen molar-refractivity contribution in [2.24, 2.45) is 0 Å². The lowest BCUT2D eigenvalue weighted by atomic mass is 10.4. The minimum absolute atomic E-state index is 0.115. The van der Waals surface area contributed by atoms with Crippen LogP contribution in [0.2, 0.25) is 0 Å². The Labute approximate surface area is 120 Å². The van der Waals surface area contributed by atoms with Crippen LogP contribution < -0.4 is 10.5 Å². The number of nitrogens with two attached hydrogens (primary N) is 1. The van der Waals surface area contributed by atoms with Gasteiger partial charge in [0.25, 0.3) is 10.0 Å². The molecule has 2 aromatic rings. The van der Waals surface area contributed by atoms with Crippen molar-refractivity contribution in [3.63, 3.8) is 0 Å². The molecule has 0 saturated carbocycles. The zero-order valence-corrected chi connectivity index (χ0v) is 13.2. The summed E-state index contributed by atoms with van der Waals surface area (Å²) in [5.41, 5.74) is 5.62. The number of hydrogen-bond acceptors (Lipinski definition) is 7. The minimum atomic E-state index is -3.95. The number of thiazole rings is 1. The van der Waals surface area contributed by atoms with Crippen molar-refractivity contribution < 1.29 is 16.8 Å². The summed E-state index contributed by atoms with van der Waals surface area (Å²) in [6.45, 7) is 1.47. The lowest BCUT2D eigenvalue weighted by molar-refractivity contribution is 0.561.